The predicted octanol–water partition coefficient (Wildman–Crippen LogP) is 1.45. The molecule has 114 valence electrons. The molecule has 0 N–H and O–H groups in total. The standard InChI is InChI=1S/C15H20N2O4/c1-11-13(10-21-12(2)18)16-6-5-14(11)20-9-8-17-7-3-4-15(17)19/h5-6H,3-4,7-10H2,1-2H3. The summed E-state index contributed by atoms with van der Waals surface area (Å²) in [6.45, 7) is 5.24. The third kappa shape index (κ3) is 4.18. The first-order valence-electron chi connectivity index (χ1n) is 7.06. The van der Waals surface area contributed by atoms with E-state index in [1.54, 1.807) is 12.3 Å². The fourth-order valence-corrected chi connectivity index (χ4v) is 2.24. The topological polar surface area (TPSA) is 68.7 Å². The smallest absolute Gasteiger partial charge is 0.303 e. The second-order valence-electron chi connectivity index (χ2n) is 4.99. The van der Waals surface area contributed by atoms with Crippen LogP contribution in [0.2, 0.25) is 0 Å². The van der Waals surface area contributed by atoms with E-state index in [-0.39, 0.29) is 18.5 Å². The van der Waals surface area contributed by atoms with E-state index in [9.17, 15) is 9.59 Å². The van der Waals surface area contributed by atoms with Gasteiger partial charge in [0.2, 0.25) is 5.91 Å². The molecule has 1 aliphatic heterocycles. The molecule has 0 radical (unpaired) electrons. The van der Waals surface area contributed by atoms with Crippen LogP contribution in [0.15, 0.2) is 12.3 Å². The van der Waals surface area contributed by atoms with Gasteiger partial charge >= 0.3 is 5.97 Å². The third-order valence-corrected chi connectivity index (χ3v) is 3.46. The Morgan fingerprint density at radius 1 is 1.48 bits per heavy atom. The molecule has 0 aromatic carbocycles. The fraction of sp³-hybridized carbons (Fsp3) is 0.533. The molecule has 0 saturated carbocycles. The van der Waals surface area contributed by atoms with E-state index in [4.69, 9.17) is 9.47 Å². The van der Waals surface area contributed by atoms with Gasteiger partial charge in [-0.25, -0.2) is 0 Å². The number of carbonyl (C=O) groups excluding carboxylic acids is 2. The molecular weight excluding hydrogens is 272 g/mol. The van der Waals surface area contributed by atoms with Crippen molar-refractivity contribution >= 4 is 11.9 Å². The van der Waals surface area contributed by atoms with Crippen LogP contribution in [0.5, 0.6) is 5.75 Å². The van der Waals surface area contributed by atoms with Crippen LogP contribution in [0, 0.1) is 6.92 Å². The summed E-state index contributed by atoms with van der Waals surface area (Å²) in [5.74, 6) is 0.564. The SMILES string of the molecule is CC(=O)OCc1nccc(OCCN2CCCC2=O)c1C. The van der Waals surface area contributed by atoms with Crippen LogP contribution in [-0.4, -0.2) is 41.5 Å². The second-order valence-corrected chi connectivity index (χ2v) is 4.99. The zero-order chi connectivity index (χ0) is 15.2. The van der Waals surface area contributed by atoms with Gasteiger partial charge in [0.1, 0.15) is 19.0 Å². The zero-order valence-electron chi connectivity index (χ0n) is 12.4. The predicted molar refractivity (Wildman–Crippen MR) is 75.8 cm³/mol. The molecule has 6 nitrogen and oxygen atoms in total. The normalized spacial score (nSPS) is 14.4. The first-order chi connectivity index (χ1) is 10.1. The van der Waals surface area contributed by atoms with Crippen LogP contribution in [0.1, 0.15) is 31.0 Å². The quantitative estimate of drug-likeness (QED) is 0.742. The molecule has 0 spiro atoms. The molecule has 0 atom stereocenters. The zero-order valence-corrected chi connectivity index (χ0v) is 12.4. The number of carbonyl (C=O) groups is 2. The summed E-state index contributed by atoms with van der Waals surface area (Å²) in [5.41, 5.74) is 1.53. The lowest BCUT2D eigenvalue weighted by atomic mass is 10.2. The Kier molecular flexibility index (Phi) is 5.14. The number of esters is 1. The van der Waals surface area contributed by atoms with E-state index in [1.807, 2.05) is 11.8 Å². The van der Waals surface area contributed by atoms with Crippen LogP contribution < -0.4 is 4.74 Å². The molecule has 2 rings (SSSR count). The number of aromatic nitrogens is 1. The van der Waals surface area contributed by atoms with Crippen molar-refractivity contribution in [3.8, 4) is 5.75 Å². The number of hydrogen-bond donors (Lipinski definition) is 0. The Morgan fingerprint density at radius 2 is 2.29 bits per heavy atom. The molecule has 1 fully saturated rings. The van der Waals surface area contributed by atoms with Crippen molar-refractivity contribution in [3.63, 3.8) is 0 Å². The molecule has 0 aliphatic carbocycles. The lowest BCUT2D eigenvalue weighted by molar-refractivity contribution is -0.142. The summed E-state index contributed by atoms with van der Waals surface area (Å²) in [4.78, 5) is 28.3. The van der Waals surface area contributed by atoms with Crippen molar-refractivity contribution in [2.75, 3.05) is 19.7 Å². The Balaban J connectivity index is 1.89. The Hall–Kier alpha value is -2.11. The molecule has 1 aliphatic rings. The van der Waals surface area contributed by atoms with Gasteiger partial charge in [-0.2, -0.15) is 0 Å². The first kappa shape index (κ1) is 15.3. The van der Waals surface area contributed by atoms with E-state index < -0.39 is 0 Å². The van der Waals surface area contributed by atoms with Crippen LogP contribution in [0.25, 0.3) is 0 Å². The largest absolute Gasteiger partial charge is 0.491 e. The van der Waals surface area contributed by atoms with Gasteiger partial charge in [-0.3, -0.25) is 14.6 Å². The highest BCUT2D eigenvalue weighted by molar-refractivity contribution is 5.78. The molecule has 0 unspecified atom stereocenters. The van der Waals surface area contributed by atoms with Crippen LogP contribution >= 0.6 is 0 Å². The highest BCUT2D eigenvalue weighted by Crippen LogP contribution is 2.20. The molecule has 0 bridgehead atoms. The first-order valence-corrected chi connectivity index (χ1v) is 7.06. The van der Waals surface area contributed by atoms with Gasteiger partial charge in [0.15, 0.2) is 0 Å². The average molecular weight is 292 g/mol. The maximum Gasteiger partial charge on any atom is 0.303 e. The van der Waals surface area contributed by atoms with Crippen molar-refractivity contribution in [1.29, 1.82) is 0 Å². The second kappa shape index (κ2) is 7.06. The summed E-state index contributed by atoms with van der Waals surface area (Å²) in [6, 6.07) is 1.78. The monoisotopic (exact) mass is 292 g/mol. The third-order valence-electron chi connectivity index (χ3n) is 3.46. The minimum absolute atomic E-state index is 0.142. The summed E-state index contributed by atoms with van der Waals surface area (Å²) in [7, 11) is 0. The number of rotatable bonds is 6. The van der Waals surface area contributed by atoms with Gasteiger partial charge in [-0.05, 0) is 19.4 Å². The summed E-state index contributed by atoms with van der Waals surface area (Å²) in [6.07, 6.45) is 3.20. The lowest BCUT2D eigenvalue weighted by Gasteiger charge is -2.17. The molecule has 21 heavy (non-hydrogen) atoms. The van der Waals surface area contributed by atoms with Gasteiger partial charge in [0, 0.05) is 31.6 Å². The van der Waals surface area contributed by atoms with Crippen molar-refractivity contribution in [2.24, 2.45) is 0 Å². The van der Waals surface area contributed by atoms with Crippen LogP contribution in [-0.2, 0) is 20.9 Å². The molecule has 1 saturated heterocycles. The molecule has 1 aromatic rings. The summed E-state index contributed by atoms with van der Waals surface area (Å²) >= 11 is 0. The number of ether oxygens (including phenoxy) is 2. The van der Waals surface area contributed by atoms with Crippen molar-refractivity contribution in [1.82, 2.24) is 9.88 Å². The maximum absolute atomic E-state index is 11.5. The van der Waals surface area contributed by atoms with E-state index >= 15 is 0 Å². The molecule has 6 heteroatoms. The van der Waals surface area contributed by atoms with E-state index in [0.29, 0.717) is 31.0 Å². The number of pyridine rings is 1. The Labute approximate surface area is 124 Å². The van der Waals surface area contributed by atoms with E-state index in [0.717, 1.165) is 18.5 Å². The Bertz CT molecular complexity index is 530. The molecule has 2 heterocycles. The summed E-state index contributed by atoms with van der Waals surface area (Å²) < 4.78 is 10.7. The maximum atomic E-state index is 11.5. The van der Waals surface area contributed by atoms with Gasteiger partial charge in [-0.15, -0.1) is 0 Å². The molecule has 1 aromatic heterocycles. The van der Waals surface area contributed by atoms with Gasteiger partial charge < -0.3 is 14.4 Å². The van der Waals surface area contributed by atoms with Gasteiger partial charge in [-0.1, -0.05) is 0 Å². The van der Waals surface area contributed by atoms with Crippen molar-refractivity contribution in [3.05, 3.63) is 23.5 Å². The number of amides is 1. The van der Waals surface area contributed by atoms with Crippen LogP contribution in [0.3, 0.4) is 0 Å². The lowest BCUT2D eigenvalue weighted by Crippen LogP contribution is -2.29. The highest BCUT2D eigenvalue weighted by atomic mass is 16.5. The van der Waals surface area contributed by atoms with E-state index in [2.05, 4.69) is 4.98 Å². The minimum atomic E-state index is -0.338. The van der Waals surface area contributed by atoms with Gasteiger partial charge in [0.25, 0.3) is 0 Å². The van der Waals surface area contributed by atoms with E-state index in [1.165, 1.54) is 6.92 Å². The average Bonchev–Trinajstić information content (AvgIpc) is 2.85. The molecule has 1 amide bonds. The molecular formula is C15H20N2O4. The Morgan fingerprint density at radius 3 is 2.95 bits per heavy atom. The number of likely N-dealkylation sites (tertiary alicyclic amines) is 1. The number of hydrogen-bond acceptors (Lipinski definition) is 5. The van der Waals surface area contributed by atoms with Gasteiger partial charge in [0.05, 0.1) is 12.2 Å². The summed E-state index contributed by atoms with van der Waals surface area (Å²) in [5, 5.41) is 0. The van der Waals surface area contributed by atoms with Crippen molar-refractivity contribution in [2.45, 2.75) is 33.3 Å². The van der Waals surface area contributed by atoms with Crippen LogP contribution in [0.4, 0.5) is 0 Å². The van der Waals surface area contributed by atoms with Crippen molar-refractivity contribution < 1.29 is 19.1 Å². The number of nitrogens with zero attached hydrogens (tertiary/aromatic N) is 2. The fourth-order valence-electron chi connectivity index (χ4n) is 2.24. The minimum Gasteiger partial charge on any atom is -0.491 e. The highest BCUT2D eigenvalue weighted by Gasteiger charge is 2.19.